The van der Waals surface area contributed by atoms with Crippen molar-refractivity contribution in [3.05, 3.63) is 101 Å². The molecule has 0 aliphatic heterocycles. The Balaban J connectivity index is 1.57. The molecule has 0 aliphatic rings. The lowest BCUT2D eigenvalue weighted by Crippen LogP contribution is -2.12. The molecule has 2 heterocycles. The van der Waals surface area contributed by atoms with Crippen molar-refractivity contribution < 1.29 is 4.79 Å². The van der Waals surface area contributed by atoms with E-state index in [1.807, 2.05) is 30.3 Å². The third-order valence-corrected chi connectivity index (χ3v) is 4.81. The van der Waals surface area contributed by atoms with Crippen molar-refractivity contribution in [3.63, 3.8) is 0 Å². The Morgan fingerprint density at radius 2 is 1.96 bits per heavy atom. The van der Waals surface area contributed by atoms with Crippen LogP contribution in [0, 0.1) is 11.3 Å². The minimum absolute atomic E-state index is 0.251. The normalized spacial score (nSPS) is 11.7. The molecule has 0 fully saturated rings. The molecule has 136 valence electrons. The van der Waals surface area contributed by atoms with E-state index in [2.05, 4.69) is 16.4 Å². The second-order valence-electron chi connectivity index (χ2n) is 6.27. The predicted octanol–water partition coefficient (Wildman–Crippen LogP) is 4.90. The number of hydrogen-bond donors (Lipinski definition) is 1. The third kappa shape index (κ3) is 3.46. The molecule has 0 radical (unpaired) electrons. The molecule has 0 saturated heterocycles. The number of aromatic nitrogens is 2. The highest BCUT2D eigenvalue weighted by Gasteiger charge is 2.17. The van der Waals surface area contributed by atoms with Crippen molar-refractivity contribution in [1.82, 2.24) is 9.38 Å². The standard InChI is InChI=1S/C22H15ClN4O/c23-20-12-17(7-8-18(20)19(13-24)15-4-2-1-3-5-15)26-22(28)16-6-9-21-25-10-11-27(21)14-16/h1-12,14,19H,(H,26,28). The second kappa shape index (κ2) is 7.55. The minimum Gasteiger partial charge on any atom is -0.322 e. The SMILES string of the molecule is N#CC(c1ccccc1)c1ccc(NC(=O)c2ccc3nccn3c2)cc1Cl. The zero-order valence-electron chi connectivity index (χ0n) is 14.7. The van der Waals surface area contributed by atoms with E-state index < -0.39 is 5.92 Å². The van der Waals surface area contributed by atoms with Crippen LogP contribution in [-0.4, -0.2) is 15.3 Å². The average molecular weight is 387 g/mol. The summed E-state index contributed by atoms with van der Waals surface area (Å²) < 4.78 is 1.78. The van der Waals surface area contributed by atoms with Crippen LogP contribution in [0.15, 0.2) is 79.3 Å². The van der Waals surface area contributed by atoms with Gasteiger partial charge in [-0.05, 0) is 35.4 Å². The first-order valence-electron chi connectivity index (χ1n) is 8.64. The monoisotopic (exact) mass is 386 g/mol. The van der Waals surface area contributed by atoms with Crippen LogP contribution in [0.2, 0.25) is 5.02 Å². The number of imidazole rings is 1. The maximum absolute atomic E-state index is 12.5. The lowest BCUT2D eigenvalue weighted by atomic mass is 9.92. The first kappa shape index (κ1) is 17.8. The first-order chi connectivity index (χ1) is 13.7. The molecule has 0 spiro atoms. The molecular formula is C22H15ClN4O. The van der Waals surface area contributed by atoms with Crippen LogP contribution >= 0.6 is 11.6 Å². The molecular weight excluding hydrogens is 372 g/mol. The Hall–Kier alpha value is -3.62. The van der Waals surface area contributed by atoms with Crippen LogP contribution in [0.5, 0.6) is 0 Å². The summed E-state index contributed by atoms with van der Waals surface area (Å²) in [4.78, 5) is 16.7. The Labute approximate surface area is 166 Å². The fourth-order valence-corrected chi connectivity index (χ4v) is 3.36. The van der Waals surface area contributed by atoms with Gasteiger partial charge in [0.15, 0.2) is 0 Å². The van der Waals surface area contributed by atoms with Gasteiger partial charge in [0.2, 0.25) is 0 Å². The van der Waals surface area contributed by atoms with E-state index in [9.17, 15) is 10.1 Å². The second-order valence-corrected chi connectivity index (χ2v) is 6.68. The van der Waals surface area contributed by atoms with Crippen LogP contribution in [0.3, 0.4) is 0 Å². The summed E-state index contributed by atoms with van der Waals surface area (Å²) in [7, 11) is 0. The Morgan fingerprint density at radius 3 is 2.71 bits per heavy atom. The Morgan fingerprint density at radius 1 is 1.14 bits per heavy atom. The van der Waals surface area contributed by atoms with Gasteiger partial charge < -0.3 is 9.72 Å². The smallest absolute Gasteiger partial charge is 0.257 e. The fraction of sp³-hybridized carbons (Fsp3) is 0.0455. The number of hydrogen-bond acceptors (Lipinski definition) is 3. The molecule has 2 aromatic carbocycles. The van der Waals surface area contributed by atoms with Gasteiger partial charge in [-0.2, -0.15) is 5.26 Å². The highest BCUT2D eigenvalue weighted by atomic mass is 35.5. The van der Waals surface area contributed by atoms with Crippen molar-refractivity contribution >= 4 is 28.8 Å². The van der Waals surface area contributed by atoms with E-state index in [0.29, 0.717) is 21.8 Å². The highest BCUT2D eigenvalue weighted by Crippen LogP contribution is 2.31. The lowest BCUT2D eigenvalue weighted by Gasteiger charge is -2.13. The van der Waals surface area contributed by atoms with Crippen molar-refractivity contribution in [2.24, 2.45) is 0 Å². The molecule has 0 aliphatic carbocycles. The maximum atomic E-state index is 12.5. The number of pyridine rings is 1. The number of halogens is 1. The number of anilines is 1. The molecule has 4 aromatic rings. The molecule has 5 nitrogen and oxygen atoms in total. The Kier molecular flexibility index (Phi) is 4.79. The summed E-state index contributed by atoms with van der Waals surface area (Å²) >= 11 is 6.43. The first-order valence-corrected chi connectivity index (χ1v) is 9.01. The fourth-order valence-electron chi connectivity index (χ4n) is 3.07. The molecule has 1 amide bonds. The van der Waals surface area contributed by atoms with Crippen LogP contribution < -0.4 is 5.32 Å². The van der Waals surface area contributed by atoms with Gasteiger partial charge >= 0.3 is 0 Å². The van der Waals surface area contributed by atoms with Crippen molar-refractivity contribution in [2.75, 3.05) is 5.32 Å². The van der Waals surface area contributed by atoms with Crippen LogP contribution in [0.4, 0.5) is 5.69 Å². The van der Waals surface area contributed by atoms with Gasteiger partial charge in [-0.3, -0.25) is 4.79 Å². The molecule has 1 unspecified atom stereocenters. The average Bonchev–Trinajstić information content (AvgIpc) is 3.19. The Bertz CT molecular complexity index is 1190. The molecule has 4 rings (SSSR count). The molecule has 2 aromatic heterocycles. The number of amides is 1. The summed E-state index contributed by atoms with van der Waals surface area (Å²) in [6.07, 6.45) is 5.17. The van der Waals surface area contributed by atoms with Gasteiger partial charge in [0.1, 0.15) is 5.65 Å². The van der Waals surface area contributed by atoms with E-state index in [-0.39, 0.29) is 5.91 Å². The van der Waals surface area contributed by atoms with E-state index in [1.165, 1.54) is 0 Å². The zero-order chi connectivity index (χ0) is 19.5. The molecule has 0 saturated carbocycles. The number of nitriles is 1. The molecule has 1 N–H and O–H groups in total. The maximum Gasteiger partial charge on any atom is 0.257 e. The summed E-state index contributed by atoms with van der Waals surface area (Å²) in [6.45, 7) is 0. The molecule has 28 heavy (non-hydrogen) atoms. The number of fused-ring (bicyclic) bond motifs is 1. The van der Waals surface area contributed by atoms with Crippen LogP contribution in [0.1, 0.15) is 27.4 Å². The van der Waals surface area contributed by atoms with Crippen molar-refractivity contribution in [2.45, 2.75) is 5.92 Å². The van der Waals surface area contributed by atoms with Gasteiger partial charge in [0, 0.05) is 29.3 Å². The summed E-state index contributed by atoms with van der Waals surface area (Å²) in [5.41, 5.74) is 3.41. The van der Waals surface area contributed by atoms with Crippen LogP contribution in [-0.2, 0) is 0 Å². The van der Waals surface area contributed by atoms with E-state index >= 15 is 0 Å². The van der Waals surface area contributed by atoms with Crippen molar-refractivity contribution in [3.8, 4) is 6.07 Å². The van der Waals surface area contributed by atoms with E-state index in [0.717, 1.165) is 11.2 Å². The van der Waals surface area contributed by atoms with Crippen molar-refractivity contribution in [1.29, 1.82) is 5.26 Å². The number of benzene rings is 2. The highest BCUT2D eigenvalue weighted by molar-refractivity contribution is 6.32. The quantitative estimate of drug-likeness (QED) is 0.542. The number of carbonyl (C=O) groups excluding carboxylic acids is 1. The summed E-state index contributed by atoms with van der Waals surface area (Å²) in [5.74, 6) is -0.721. The third-order valence-electron chi connectivity index (χ3n) is 4.48. The number of nitrogens with zero attached hydrogens (tertiary/aromatic N) is 3. The minimum atomic E-state index is -0.470. The predicted molar refractivity (Wildman–Crippen MR) is 108 cm³/mol. The van der Waals surface area contributed by atoms with Gasteiger partial charge in [0.05, 0.1) is 17.6 Å². The van der Waals surface area contributed by atoms with Gasteiger partial charge in [0.25, 0.3) is 5.91 Å². The lowest BCUT2D eigenvalue weighted by molar-refractivity contribution is 0.102. The summed E-state index contributed by atoms with van der Waals surface area (Å²) in [6, 6.07) is 20.5. The van der Waals surface area contributed by atoms with Gasteiger partial charge in [-0.25, -0.2) is 4.98 Å². The zero-order valence-corrected chi connectivity index (χ0v) is 15.5. The topological polar surface area (TPSA) is 70.2 Å². The molecule has 6 heteroatoms. The van der Waals surface area contributed by atoms with E-state index in [1.54, 1.807) is 53.3 Å². The number of carbonyl (C=O) groups is 1. The van der Waals surface area contributed by atoms with E-state index in [4.69, 9.17) is 11.6 Å². The largest absolute Gasteiger partial charge is 0.322 e. The number of nitrogens with one attached hydrogen (secondary N) is 1. The summed E-state index contributed by atoms with van der Waals surface area (Å²) in [5, 5.41) is 12.9. The molecule has 0 bridgehead atoms. The molecule has 1 atom stereocenters. The van der Waals surface area contributed by atoms with Gasteiger partial charge in [-0.1, -0.05) is 48.0 Å². The van der Waals surface area contributed by atoms with Gasteiger partial charge in [-0.15, -0.1) is 0 Å². The number of rotatable bonds is 4. The van der Waals surface area contributed by atoms with Crippen LogP contribution in [0.25, 0.3) is 5.65 Å².